The van der Waals surface area contributed by atoms with Gasteiger partial charge in [-0.05, 0) is 30.3 Å². The maximum absolute atomic E-state index is 13.1. The summed E-state index contributed by atoms with van der Waals surface area (Å²) in [6.45, 7) is 0. The van der Waals surface area contributed by atoms with Crippen molar-refractivity contribution in [2.45, 2.75) is 11.1 Å². The summed E-state index contributed by atoms with van der Waals surface area (Å²) in [4.78, 5) is 12.4. The maximum Gasteiger partial charge on any atom is 0.416 e. The number of benzene rings is 3. The highest BCUT2D eigenvalue weighted by Gasteiger charge is 2.32. The lowest BCUT2D eigenvalue weighted by atomic mass is 10.1. The first-order valence-corrected chi connectivity index (χ1v) is 12.5. The highest BCUT2D eigenvalue weighted by Crippen LogP contribution is 2.32. The largest absolute Gasteiger partial charge is 0.497 e. The van der Waals surface area contributed by atoms with Crippen molar-refractivity contribution in [1.82, 2.24) is 10.2 Å². The number of sulfonamides is 1. The molecule has 4 aromatic rings. The summed E-state index contributed by atoms with van der Waals surface area (Å²) in [7, 11) is -3.15. The van der Waals surface area contributed by atoms with Gasteiger partial charge >= 0.3 is 6.18 Å². The van der Waals surface area contributed by atoms with Gasteiger partial charge in [0.05, 0.1) is 28.8 Å². The van der Waals surface area contributed by atoms with Gasteiger partial charge in [0.25, 0.3) is 15.9 Å². The van der Waals surface area contributed by atoms with Gasteiger partial charge in [-0.1, -0.05) is 47.7 Å². The van der Waals surface area contributed by atoms with Crippen molar-refractivity contribution < 1.29 is 31.1 Å². The number of halogens is 3. The summed E-state index contributed by atoms with van der Waals surface area (Å²) < 4.78 is 72.3. The van der Waals surface area contributed by atoms with Crippen LogP contribution in [0.15, 0.2) is 77.7 Å². The fraction of sp³-hybridized carbons (Fsp3) is 0.0870. The van der Waals surface area contributed by atoms with Crippen LogP contribution in [0.4, 0.5) is 24.0 Å². The zero-order valence-electron chi connectivity index (χ0n) is 18.4. The van der Waals surface area contributed by atoms with Crippen molar-refractivity contribution in [2.75, 3.05) is 17.1 Å². The maximum atomic E-state index is 13.1. The molecule has 2 N–H and O–H groups in total. The van der Waals surface area contributed by atoms with Crippen LogP contribution in [0.25, 0.3) is 10.6 Å². The third-order valence-electron chi connectivity index (χ3n) is 4.85. The molecule has 0 bridgehead atoms. The van der Waals surface area contributed by atoms with Crippen LogP contribution in [0, 0.1) is 0 Å². The first-order chi connectivity index (χ1) is 17.1. The minimum absolute atomic E-state index is 0.109. The van der Waals surface area contributed by atoms with Crippen molar-refractivity contribution in [2.24, 2.45) is 0 Å². The number of methoxy groups -OCH3 is 1. The summed E-state index contributed by atoms with van der Waals surface area (Å²) in [5.41, 5.74) is -0.631. The molecule has 3 aromatic carbocycles. The van der Waals surface area contributed by atoms with Gasteiger partial charge in [-0.3, -0.25) is 14.8 Å². The summed E-state index contributed by atoms with van der Waals surface area (Å²) in [6.07, 6.45) is -4.73. The third kappa shape index (κ3) is 5.63. The Morgan fingerprint density at radius 3 is 2.42 bits per heavy atom. The van der Waals surface area contributed by atoms with E-state index in [1.165, 1.54) is 25.3 Å². The zero-order valence-corrected chi connectivity index (χ0v) is 20.0. The molecule has 1 amide bonds. The Balaban J connectivity index is 1.62. The minimum atomic E-state index is -4.73. The fourth-order valence-corrected chi connectivity index (χ4v) is 4.97. The van der Waals surface area contributed by atoms with E-state index in [1.807, 2.05) is 30.3 Å². The van der Waals surface area contributed by atoms with Gasteiger partial charge in [-0.25, -0.2) is 8.42 Å². The molecule has 0 saturated carbocycles. The van der Waals surface area contributed by atoms with Gasteiger partial charge in [0.1, 0.15) is 10.8 Å². The quantitative estimate of drug-likeness (QED) is 0.334. The third-order valence-corrected chi connectivity index (χ3v) is 7.10. The number of alkyl halides is 3. The van der Waals surface area contributed by atoms with E-state index in [2.05, 4.69) is 20.2 Å². The Morgan fingerprint density at radius 1 is 0.972 bits per heavy atom. The average Bonchev–Trinajstić information content (AvgIpc) is 3.32. The molecule has 4 rings (SSSR count). The molecule has 186 valence electrons. The van der Waals surface area contributed by atoms with E-state index in [-0.39, 0.29) is 22.1 Å². The average molecular weight is 535 g/mol. The highest BCUT2D eigenvalue weighted by molar-refractivity contribution is 7.92. The van der Waals surface area contributed by atoms with Crippen molar-refractivity contribution >= 4 is 38.1 Å². The van der Waals surface area contributed by atoms with Crippen LogP contribution in [-0.2, 0) is 16.2 Å². The second-order valence-corrected chi connectivity index (χ2v) is 9.94. The van der Waals surface area contributed by atoms with Gasteiger partial charge in [-0.15, -0.1) is 10.2 Å². The van der Waals surface area contributed by atoms with Gasteiger partial charge in [-0.2, -0.15) is 13.2 Å². The molecule has 1 heterocycles. The van der Waals surface area contributed by atoms with E-state index in [1.54, 1.807) is 0 Å². The molecule has 0 spiro atoms. The summed E-state index contributed by atoms with van der Waals surface area (Å²) in [6, 6.07) is 16.4. The van der Waals surface area contributed by atoms with Crippen LogP contribution in [0.3, 0.4) is 0 Å². The monoisotopic (exact) mass is 534 g/mol. The van der Waals surface area contributed by atoms with Crippen LogP contribution in [0.5, 0.6) is 5.75 Å². The summed E-state index contributed by atoms with van der Waals surface area (Å²) >= 11 is 1.11. The van der Waals surface area contributed by atoms with Gasteiger partial charge in [0, 0.05) is 11.6 Å². The van der Waals surface area contributed by atoms with Crippen LogP contribution in [0.2, 0.25) is 0 Å². The molecule has 8 nitrogen and oxygen atoms in total. The van der Waals surface area contributed by atoms with Crippen molar-refractivity contribution in [3.05, 3.63) is 83.9 Å². The predicted octanol–water partition coefficient (Wildman–Crippen LogP) is 5.29. The highest BCUT2D eigenvalue weighted by atomic mass is 32.2. The Hall–Kier alpha value is -3.97. The number of aromatic nitrogens is 2. The molecule has 0 atom stereocenters. The van der Waals surface area contributed by atoms with Crippen LogP contribution in [-0.4, -0.2) is 31.6 Å². The van der Waals surface area contributed by atoms with Crippen molar-refractivity contribution in [3.63, 3.8) is 0 Å². The summed E-state index contributed by atoms with van der Waals surface area (Å²) in [5.74, 6) is -0.495. The number of amides is 1. The Labute approximate surface area is 207 Å². The predicted molar refractivity (Wildman–Crippen MR) is 129 cm³/mol. The molecule has 0 radical (unpaired) electrons. The lowest BCUT2D eigenvalue weighted by Gasteiger charge is -2.14. The van der Waals surface area contributed by atoms with E-state index in [0.717, 1.165) is 35.1 Å². The summed E-state index contributed by atoms with van der Waals surface area (Å²) in [5, 5.41) is 11.3. The number of ether oxygens (including phenoxy) is 1. The molecule has 13 heteroatoms. The fourth-order valence-electron chi connectivity index (χ4n) is 3.11. The minimum Gasteiger partial charge on any atom is -0.497 e. The van der Waals surface area contributed by atoms with E-state index >= 15 is 0 Å². The number of carbonyl (C=O) groups is 1. The van der Waals surface area contributed by atoms with E-state index < -0.39 is 32.6 Å². The molecule has 0 unspecified atom stereocenters. The number of carbonyl (C=O) groups excluding carboxylic acids is 1. The second kappa shape index (κ2) is 9.95. The van der Waals surface area contributed by atoms with Crippen LogP contribution < -0.4 is 14.8 Å². The van der Waals surface area contributed by atoms with Crippen LogP contribution >= 0.6 is 11.3 Å². The first kappa shape index (κ1) is 25.1. The molecule has 0 aliphatic rings. The van der Waals surface area contributed by atoms with E-state index in [0.29, 0.717) is 11.1 Å². The Morgan fingerprint density at radius 2 is 1.72 bits per heavy atom. The molecule has 0 aliphatic carbocycles. The molecule has 0 aliphatic heterocycles. The zero-order chi connectivity index (χ0) is 25.9. The number of nitrogens with zero attached hydrogens (tertiary/aromatic N) is 2. The number of hydrogen-bond acceptors (Lipinski definition) is 7. The molecule has 0 fully saturated rings. The Kier molecular flexibility index (Phi) is 6.95. The Bertz CT molecular complexity index is 1510. The molecular formula is C23H17F3N4O4S2. The van der Waals surface area contributed by atoms with Gasteiger partial charge in [0.15, 0.2) is 0 Å². The normalized spacial score (nSPS) is 11.7. The van der Waals surface area contributed by atoms with Crippen LogP contribution in [0.1, 0.15) is 15.9 Å². The topological polar surface area (TPSA) is 110 Å². The molecular weight excluding hydrogens is 517 g/mol. The molecule has 1 aromatic heterocycles. The molecule has 36 heavy (non-hydrogen) atoms. The lowest BCUT2D eigenvalue weighted by Crippen LogP contribution is -2.19. The number of hydrogen-bond donors (Lipinski definition) is 2. The standard InChI is InChI=1S/C23H17F3N4O4S2/c1-34-16-10-11-18(20(31)27-22-29-28-21(35-22)14-6-3-2-4-7-14)19(13-16)30-36(32,33)17-9-5-8-15(12-17)23(24,25)26/h2-13,30H,1H3,(H,27,29,31). The van der Waals surface area contributed by atoms with E-state index in [4.69, 9.17) is 4.74 Å². The second-order valence-electron chi connectivity index (χ2n) is 7.28. The molecule has 0 saturated heterocycles. The number of nitrogens with one attached hydrogen (secondary N) is 2. The van der Waals surface area contributed by atoms with Crippen molar-refractivity contribution in [1.29, 1.82) is 0 Å². The SMILES string of the molecule is COc1ccc(C(=O)Nc2nnc(-c3ccccc3)s2)c(NS(=O)(=O)c2cccc(C(F)(F)F)c2)c1. The van der Waals surface area contributed by atoms with Gasteiger partial charge in [0.2, 0.25) is 5.13 Å². The smallest absolute Gasteiger partial charge is 0.416 e. The van der Waals surface area contributed by atoms with Gasteiger partial charge < -0.3 is 4.74 Å². The number of rotatable bonds is 7. The van der Waals surface area contributed by atoms with Crippen molar-refractivity contribution in [3.8, 4) is 16.3 Å². The van der Waals surface area contributed by atoms with E-state index in [9.17, 15) is 26.4 Å². The number of anilines is 2. The lowest BCUT2D eigenvalue weighted by molar-refractivity contribution is -0.137. The first-order valence-electron chi connectivity index (χ1n) is 10.2.